The number of benzene rings is 1. The van der Waals surface area contributed by atoms with E-state index in [9.17, 15) is 4.79 Å². The fourth-order valence-corrected chi connectivity index (χ4v) is 3.03. The number of aryl methyl sites for hydroxylation is 3. The molecule has 0 atom stereocenters. The van der Waals surface area contributed by atoms with Gasteiger partial charge in [-0.1, -0.05) is 18.2 Å². The third-order valence-electron chi connectivity index (χ3n) is 4.39. The molecule has 0 aliphatic heterocycles. The Morgan fingerprint density at radius 2 is 2.00 bits per heavy atom. The van der Waals surface area contributed by atoms with Crippen molar-refractivity contribution in [1.82, 2.24) is 19.7 Å². The molecule has 3 aromatic heterocycles. The minimum atomic E-state index is -0.172. The number of nitrogens with zero attached hydrogens (tertiary/aromatic N) is 4. The van der Waals surface area contributed by atoms with Gasteiger partial charge in [0.05, 0.1) is 29.7 Å². The molecule has 0 spiro atoms. The molecule has 0 unspecified atom stereocenters. The van der Waals surface area contributed by atoms with Crippen LogP contribution in [0.3, 0.4) is 0 Å². The zero-order valence-corrected chi connectivity index (χ0v) is 15.4. The van der Waals surface area contributed by atoms with Gasteiger partial charge in [0.15, 0.2) is 5.65 Å². The van der Waals surface area contributed by atoms with Crippen molar-refractivity contribution < 1.29 is 9.21 Å². The molecule has 0 fully saturated rings. The molecule has 4 aromatic rings. The van der Waals surface area contributed by atoms with Crippen LogP contribution in [0.2, 0.25) is 0 Å². The summed E-state index contributed by atoms with van der Waals surface area (Å²) in [6.07, 6.45) is 1.76. The first-order valence-electron chi connectivity index (χ1n) is 8.62. The monoisotopic (exact) mass is 361 g/mol. The number of carbonyl (C=O) groups excluding carboxylic acids is 1. The van der Waals surface area contributed by atoms with Crippen LogP contribution in [0.1, 0.15) is 17.1 Å². The summed E-state index contributed by atoms with van der Waals surface area (Å²) in [5.41, 5.74) is 3.79. The molecule has 3 heterocycles. The number of nitrogens with one attached hydrogen (secondary N) is 1. The number of amides is 1. The van der Waals surface area contributed by atoms with Crippen molar-refractivity contribution in [1.29, 1.82) is 0 Å². The molecule has 4 rings (SSSR count). The van der Waals surface area contributed by atoms with Gasteiger partial charge in [-0.25, -0.2) is 9.97 Å². The largest absolute Gasteiger partial charge is 0.441 e. The molecule has 136 valence electrons. The quantitative estimate of drug-likeness (QED) is 0.602. The predicted molar refractivity (Wildman–Crippen MR) is 102 cm³/mol. The molecule has 0 radical (unpaired) electrons. The predicted octanol–water partition coefficient (Wildman–Crippen LogP) is 3.42. The Balaban J connectivity index is 1.51. The fourth-order valence-electron chi connectivity index (χ4n) is 3.03. The Morgan fingerprint density at radius 3 is 2.78 bits per heavy atom. The highest BCUT2D eigenvalue weighted by molar-refractivity contribution is 5.94. The molecule has 1 N–H and O–H groups in total. The molecule has 0 aliphatic rings. The van der Waals surface area contributed by atoms with Crippen molar-refractivity contribution in [3.05, 3.63) is 59.7 Å². The number of aromatic nitrogens is 4. The highest BCUT2D eigenvalue weighted by atomic mass is 16.4. The number of carbonyl (C=O) groups is 1. The number of fused-ring (bicyclic) bond motifs is 1. The van der Waals surface area contributed by atoms with E-state index in [0.29, 0.717) is 23.0 Å². The number of hydrogen-bond acceptors (Lipinski definition) is 5. The maximum atomic E-state index is 12.5. The summed E-state index contributed by atoms with van der Waals surface area (Å²) in [6.45, 7) is 3.73. The van der Waals surface area contributed by atoms with Gasteiger partial charge >= 0.3 is 0 Å². The first-order chi connectivity index (χ1) is 13.0. The number of rotatable bonds is 4. The van der Waals surface area contributed by atoms with Crippen LogP contribution in [0, 0.1) is 13.8 Å². The van der Waals surface area contributed by atoms with Crippen molar-refractivity contribution in [2.24, 2.45) is 7.05 Å². The van der Waals surface area contributed by atoms with E-state index in [4.69, 9.17) is 4.42 Å². The van der Waals surface area contributed by atoms with Crippen molar-refractivity contribution in [3.63, 3.8) is 0 Å². The Kier molecular flexibility index (Phi) is 4.19. The maximum Gasteiger partial charge on any atom is 0.230 e. The second kappa shape index (κ2) is 6.68. The average Bonchev–Trinajstić information content (AvgIpc) is 3.15. The lowest BCUT2D eigenvalue weighted by Crippen LogP contribution is -2.15. The van der Waals surface area contributed by atoms with E-state index < -0.39 is 0 Å². The van der Waals surface area contributed by atoms with Crippen LogP contribution < -0.4 is 5.32 Å². The minimum Gasteiger partial charge on any atom is -0.441 e. The molecule has 0 saturated carbocycles. The van der Waals surface area contributed by atoms with Gasteiger partial charge in [0.25, 0.3) is 0 Å². The van der Waals surface area contributed by atoms with E-state index in [-0.39, 0.29) is 12.3 Å². The van der Waals surface area contributed by atoms with Gasteiger partial charge in [-0.3, -0.25) is 9.48 Å². The molecule has 7 nitrogen and oxygen atoms in total. The van der Waals surface area contributed by atoms with Gasteiger partial charge in [0, 0.05) is 18.0 Å². The van der Waals surface area contributed by atoms with Gasteiger partial charge in [-0.15, -0.1) is 0 Å². The van der Waals surface area contributed by atoms with Gasteiger partial charge in [0.2, 0.25) is 11.8 Å². The topological polar surface area (TPSA) is 85.8 Å². The van der Waals surface area contributed by atoms with Gasteiger partial charge in [-0.2, -0.15) is 5.10 Å². The van der Waals surface area contributed by atoms with Crippen molar-refractivity contribution in [2.45, 2.75) is 20.3 Å². The molecule has 0 aliphatic carbocycles. The summed E-state index contributed by atoms with van der Waals surface area (Å²) in [5, 5.41) is 8.13. The number of anilines is 1. The normalized spacial score (nSPS) is 11.1. The molecule has 27 heavy (non-hydrogen) atoms. The van der Waals surface area contributed by atoms with Crippen LogP contribution in [-0.4, -0.2) is 25.7 Å². The highest BCUT2D eigenvalue weighted by Crippen LogP contribution is 2.22. The smallest absolute Gasteiger partial charge is 0.230 e. The lowest BCUT2D eigenvalue weighted by molar-refractivity contribution is -0.115. The van der Waals surface area contributed by atoms with E-state index in [1.165, 1.54) is 0 Å². The van der Waals surface area contributed by atoms with Crippen molar-refractivity contribution in [2.75, 3.05) is 5.32 Å². The average molecular weight is 361 g/mol. The standard InChI is InChI=1S/C20H19N5O2/c1-12-16-9-15(11-21-19(16)25(3)24-12)22-18(26)10-17-13(2)27-20(23-17)14-7-5-4-6-8-14/h4-9,11H,10H2,1-3H3,(H,22,26). The summed E-state index contributed by atoms with van der Waals surface area (Å²) in [6, 6.07) is 11.5. The summed E-state index contributed by atoms with van der Waals surface area (Å²) in [5.74, 6) is 0.986. The number of hydrogen-bond donors (Lipinski definition) is 1. The first kappa shape index (κ1) is 17.0. The van der Waals surface area contributed by atoms with Gasteiger partial charge in [-0.05, 0) is 32.0 Å². The zero-order chi connectivity index (χ0) is 19.0. The summed E-state index contributed by atoms with van der Waals surface area (Å²) >= 11 is 0. The number of pyridine rings is 1. The molecule has 0 saturated heterocycles. The molecule has 1 aromatic carbocycles. The molecule has 0 bridgehead atoms. The first-order valence-corrected chi connectivity index (χ1v) is 8.62. The van der Waals surface area contributed by atoms with Crippen LogP contribution in [-0.2, 0) is 18.3 Å². The third-order valence-corrected chi connectivity index (χ3v) is 4.39. The van der Waals surface area contributed by atoms with Crippen LogP contribution in [0.25, 0.3) is 22.5 Å². The second-order valence-corrected chi connectivity index (χ2v) is 6.42. The Labute approximate surface area is 156 Å². The number of oxazole rings is 1. The molecular formula is C20H19N5O2. The highest BCUT2D eigenvalue weighted by Gasteiger charge is 2.15. The summed E-state index contributed by atoms with van der Waals surface area (Å²) < 4.78 is 7.44. The fraction of sp³-hybridized carbons (Fsp3) is 0.200. The van der Waals surface area contributed by atoms with Crippen LogP contribution in [0.15, 0.2) is 47.0 Å². The van der Waals surface area contributed by atoms with Crippen molar-refractivity contribution in [3.8, 4) is 11.5 Å². The molecule has 1 amide bonds. The van der Waals surface area contributed by atoms with E-state index in [1.54, 1.807) is 10.9 Å². The van der Waals surface area contributed by atoms with Crippen LogP contribution in [0.5, 0.6) is 0 Å². The third kappa shape index (κ3) is 3.31. The van der Waals surface area contributed by atoms with Crippen LogP contribution >= 0.6 is 0 Å². The Bertz CT molecular complexity index is 1130. The SMILES string of the molecule is Cc1oc(-c2ccccc2)nc1CC(=O)Nc1cnc2c(c1)c(C)nn2C. The zero-order valence-electron chi connectivity index (χ0n) is 15.4. The van der Waals surface area contributed by atoms with Crippen LogP contribution in [0.4, 0.5) is 5.69 Å². The van der Waals surface area contributed by atoms with Gasteiger partial charge < -0.3 is 9.73 Å². The minimum absolute atomic E-state index is 0.131. The van der Waals surface area contributed by atoms with E-state index in [1.807, 2.05) is 57.3 Å². The summed E-state index contributed by atoms with van der Waals surface area (Å²) in [7, 11) is 1.85. The van der Waals surface area contributed by atoms with E-state index >= 15 is 0 Å². The van der Waals surface area contributed by atoms with E-state index in [2.05, 4.69) is 20.4 Å². The molecule has 7 heteroatoms. The lowest BCUT2D eigenvalue weighted by Gasteiger charge is -2.04. The van der Waals surface area contributed by atoms with E-state index in [0.717, 1.165) is 22.3 Å². The molecular weight excluding hydrogens is 342 g/mol. The lowest BCUT2D eigenvalue weighted by atomic mass is 10.2. The summed E-state index contributed by atoms with van der Waals surface area (Å²) in [4.78, 5) is 21.3. The maximum absolute atomic E-state index is 12.5. The van der Waals surface area contributed by atoms with Gasteiger partial charge in [0.1, 0.15) is 5.76 Å². The Hall–Kier alpha value is -3.48. The van der Waals surface area contributed by atoms with Crippen molar-refractivity contribution >= 4 is 22.6 Å². The Morgan fingerprint density at radius 1 is 1.22 bits per heavy atom. The second-order valence-electron chi connectivity index (χ2n) is 6.42.